The lowest BCUT2D eigenvalue weighted by atomic mass is 9.97. The number of hydrogen-bond donors (Lipinski definition) is 0. The highest BCUT2D eigenvalue weighted by Crippen LogP contribution is 2.24. The van der Waals surface area contributed by atoms with Crippen LogP contribution >= 0.6 is 0 Å². The molecule has 0 unspecified atom stereocenters. The maximum atomic E-state index is 12.5. The maximum Gasteiger partial charge on any atom is 0.263 e. The van der Waals surface area contributed by atoms with Crippen LogP contribution in [0.1, 0.15) is 45.2 Å². The van der Waals surface area contributed by atoms with E-state index in [1.807, 2.05) is 0 Å². The number of carbonyl (C=O) groups is 2. The second-order valence-electron chi connectivity index (χ2n) is 3.12. The lowest BCUT2D eigenvalue weighted by molar-refractivity contribution is 0.101. The van der Waals surface area contributed by atoms with Gasteiger partial charge in [-0.2, -0.15) is 5.26 Å². The molecule has 1 aromatic carbocycles. The van der Waals surface area contributed by atoms with Crippen molar-refractivity contribution in [3.05, 3.63) is 34.4 Å². The monoisotopic (exact) mass is 223 g/mol. The molecule has 0 atom stereocenters. The first-order valence-corrected chi connectivity index (χ1v) is 4.33. The standard InChI is InChI=1S/C11H7F2NO2/c1-6(16)9-3-7(11(12)13)2-8(5-15)10(9)4-14/h2-3,5,11H,1H3. The highest BCUT2D eigenvalue weighted by molar-refractivity contribution is 5.99. The lowest BCUT2D eigenvalue weighted by Crippen LogP contribution is -2.03. The van der Waals surface area contributed by atoms with E-state index in [4.69, 9.17) is 5.26 Å². The summed E-state index contributed by atoms with van der Waals surface area (Å²) in [7, 11) is 0. The van der Waals surface area contributed by atoms with E-state index >= 15 is 0 Å². The Morgan fingerprint density at radius 3 is 2.50 bits per heavy atom. The van der Waals surface area contributed by atoms with E-state index in [0.29, 0.717) is 0 Å². The van der Waals surface area contributed by atoms with Gasteiger partial charge >= 0.3 is 0 Å². The van der Waals surface area contributed by atoms with Crippen LogP contribution in [0.5, 0.6) is 0 Å². The molecule has 0 bridgehead atoms. The Kier molecular flexibility index (Phi) is 3.46. The number of benzene rings is 1. The van der Waals surface area contributed by atoms with Crippen LogP contribution in [0.2, 0.25) is 0 Å². The molecule has 0 fully saturated rings. The first-order valence-electron chi connectivity index (χ1n) is 4.33. The summed E-state index contributed by atoms with van der Waals surface area (Å²) in [6.45, 7) is 1.15. The number of alkyl halides is 2. The summed E-state index contributed by atoms with van der Waals surface area (Å²) < 4.78 is 24.9. The number of aldehydes is 1. The van der Waals surface area contributed by atoms with Crippen molar-refractivity contribution < 1.29 is 18.4 Å². The van der Waals surface area contributed by atoms with Crippen LogP contribution in [-0.2, 0) is 0 Å². The van der Waals surface area contributed by atoms with E-state index in [1.165, 1.54) is 0 Å². The summed E-state index contributed by atoms with van der Waals surface area (Å²) in [5, 5.41) is 8.76. The average Bonchev–Trinajstić information content (AvgIpc) is 2.26. The van der Waals surface area contributed by atoms with Gasteiger partial charge in [-0.15, -0.1) is 0 Å². The van der Waals surface area contributed by atoms with Crippen molar-refractivity contribution in [2.24, 2.45) is 0 Å². The SMILES string of the molecule is CC(=O)c1cc(C(F)F)cc(C=O)c1C#N. The van der Waals surface area contributed by atoms with Crippen LogP contribution in [0.25, 0.3) is 0 Å². The molecule has 0 amide bonds. The number of ketones is 1. The van der Waals surface area contributed by atoms with Crippen LogP contribution < -0.4 is 0 Å². The fourth-order valence-corrected chi connectivity index (χ4v) is 1.31. The number of nitrogens with zero attached hydrogens (tertiary/aromatic N) is 1. The summed E-state index contributed by atoms with van der Waals surface area (Å²) in [6, 6.07) is 3.53. The molecule has 0 spiro atoms. The van der Waals surface area contributed by atoms with Gasteiger partial charge in [0.15, 0.2) is 12.1 Å². The van der Waals surface area contributed by atoms with Crippen molar-refractivity contribution >= 4 is 12.1 Å². The van der Waals surface area contributed by atoms with Gasteiger partial charge < -0.3 is 0 Å². The Morgan fingerprint density at radius 1 is 1.50 bits per heavy atom. The molecule has 0 aromatic heterocycles. The Hall–Kier alpha value is -2.09. The van der Waals surface area contributed by atoms with Crippen molar-refractivity contribution in [2.45, 2.75) is 13.3 Å². The van der Waals surface area contributed by atoms with Crippen molar-refractivity contribution in [3.8, 4) is 6.07 Å². The third kappa shape index (κ3) is 2.11. The number of rotatable bonds is 3. The molecule has 0 radical (unpaired) electrons. The van der Waals surface area contributed by atoms with Gasteiger partial charge in [0.05, 0.1) is 5.56 Å². The smallest absolute Gasteiger partial charge is 0.263 e. The number of carbonyl (C=O) groups excluding carboxylic acids is 2. The molecule has 0 aliphatic carbocycles. The van der Waals surface area contributed by atoms with Crippen LogP contribution in [0.4, 0.5) is 8.78 Å². The minimum absolute atomic E-state index is 0.151. The lowest BCUT2D eigenvalue weighted by Gasteiger charge is -2.06. The molecule has 0 aliphatic rings. The van der Waals surface area contributed by atoms with E-state index in [1.54, 1.807) is 6.07 Å². The third-order valence-corrected chi connectivity index (χ3v) is 2.06. The van der Waals surface area contributed by atoms with E-state index in [-0.39, 0.29) is 23.0 Å². The van der Waals surface area contributed by atoms with Crippen LogP contribution in [-0.4, -0.2) is 12.1 Å². The van der Waals surface area contributed by atoms with E-state index in [9.17, 15) is 18.4 Å². The van der Waals surface area contributed by atoms with Gasteiger partial charge in [-0.1, -0.05) is 0 Å². The molecule has 1 rings (SSSR count). The second-order valence-corrected chi connectivity index (χ2v) is 3.12. The topological polar surface area (TPSA) is 57.9 Å². The highest BCUT2D eigenvalue weighted by atomic mass is 19.3. The summed E-state index contributed by atoms with van der Waals surface area (Å²) in [5.74, 6) is -0.526. The molecule has 0 aliphatic heterocycles. The fourth-order valence-electron chi connectivity index (χ4n) is 1.31. The molecule has 0 N–H and O–H groups in total. The molecule has 3 nitrogen and oxygen atoms in total. The number of nitriles is 1. The van der Waals surface area contributed by atoms with E-state index in [2.05, 4.69) is 0 Å². The fraction of sp³-hybridized carbons (Fsp3) is 0.182. The molecule has 5 heteroatoms. The Balaban J connectivity index is 3.57. The minimum atomic E-state index is -2.79. The van der Waals surface area contributed by atoms with Crippen LogP contribution in [0, 0.1) is 11.3 Å². The predicted molar refractivity (Wildman–Crippen MR) is 51.5 cm³/mol. The van der Waals surface area contributed by atoms with E-state index < -0.39 is 17.8 Å². The predicted octanol–water partition coefficient (Wildman–Crippen LogP) is 2.51. The maximum absolute atomic E-state index is 12.5. The van der Waals surface area contributed by atoms with Crippen molar-refractivity contribution in [3.63, 3.8) is 0 Å². The molecule has 16 heavy (non-hydrogen) atoms. The molecular formula is C11H7F2NO2. The number of hydrogen-bond acceptors (Lipinski definition) is 3. The third-order valence-electron chi connectivity index (χ3n) is 2.06. The highest BCUT2D eigenvalue weighted by Gasteiger charge is 2.17. The van der Waals surface area contributed by atoms with Crippen molar-refractivity contribution in [1.82, 2.24) is 0 Å². The quantitative estimate of drug-likeness (QED) is 0.584. The van der Waals surface area contributed by atoms with Crippen LogP contribution in [0.3, 0.4) is 0 Å². The Labute approximate surface area is 90.3 Å². The van der Waals surface area contributed by atoms with Crippen molar-refractivity contribution in [2.75, 3.05) is 0 Å². The largest absolute Gasteiger partial charge is 0.298 e. The van der Waals surface area contributed by atoms with Gasteiger partial charge in [-0.05, 0) is 19.1 Å². The van der Waals surface area contributed by atoms with Gasteiger partial charge in [0, 0.05) is 16.7 Å². The summed E-state index contributed by atoms with van der Waals surface area (Å²) in [6.07, 6.45) is -2.50. The molecule has 0 saturated heterocycles. The zero-order valence-corrected chi connectivity index (χ0v) is 8.33. The minimum Gasteiger partial charge on any atom is -0.298 e. The summed E-state index contributed by atoms with van der Waals surface area (Å²) in [4.78, 5) is 21.8. The second kappa shape index (κ2) is 4.62. The van der Waals surface area contributed by atoms with Gasteiger partial charge in [-0.25, -0.2) is 8.78 Å². The van der Waals surface area contributed by atoms with Crippen LogP contribution in [0.15, 0.2) is 12.1 Å². The summed E-state index contributed by atoms with van der Waals surface area (Å²) >= 11 is 0. The normalized spacial score (nSPS) is 9.94. The first-order chi connectivity index (χ1) is 7.51. The van der Waals surface area contributed by atoms with Gasteiger partial charge in [0.1, 0.15) is 6.07 Å². The van der Waals surface area contributed by atoms with Crippen molar-refractivity contribution in [1.29, 1.82) is 5.26 Å². The Bertz CT molecular complexity index is 489. The van der Waals surface area contributed by atoms with Gasteiger partial charge in [-0.3, -0.25) is 9.59 Å². The zero-order chi connectivity index (χ0) is 12.3. The first kappa shape index (κ1) is 12.0. The molecular weight excluding hydrogens is 216 g/mol. The molecule has 1 aromatic rings. The molecule has 0 saturated carbocycles. The molecule has 0 heterocycles. The van der Waals surface area contributed by atoms with E-state index in [0.717, 1.165) is 19.1 Å². The van der Waals surface area contributed by atoms with Gasteiger partial charge in [0.2, 0.25) is 0 Å². The average molecular weight is 223 g/mol. The summed E-state index contributed by atoms with van der Waals surface area (Å²) in [5.41, 5.74) is -0.939. The molecule has 82 valence electrons. The number of Topliss-reactive ketones (excluding diaryl/α,β-unsaturated/α-hetero) is 1. The number of halogens is 2. The zero-order valence-electron chi connectivity index (χ0n) is 8.33. The van der Waals surface area contributed by atoms with Gasteiger partial charge in [0.25, 0.3) is 6.43 Å². The Morgan fingerprint density at radius 2 is 2.12 bits per heavy atom.